The minimum atomic E-state index is -2.59. The summed E-state index contributed by atoms with van der Waals surface area (Å²) in [7, 11) is 0. The van der Waals surface area contributed by atoms with Gasteiger partial charge < -0.3 is 9.64 Å². The van der Waals surface area contributed by atoms with Gasteiger partial charge in [-0.15, -0.1) is 0 Å². The molecular weight excluding hydrogens is 328 g/mol. The largest absolute Gasteiger partial charge is 0.472 e. The van der Waals surface area contributed by atoms with E-state index in [0.29, 0.717) is 13.1 Å². The Morgan fingerprint density at radius 1 is 1.24 bits per heavy atom. The number of aromatic nitrogens is 2. The van der Waals surface area contributed by atoms with Crippen LogP contribution in [0.4, 0.5) is 8.78 Å². The lowest BCUT2D eigenvalue weighted by molar-refractivity contribution is 0.0753. The second-order valence-corrected chi connectivity index (χ2v) is 5.54. The predicted molar refractivity (Wildman–Crippen MR) is 88.5 cm³/mol. The molecule has 3 rings (SSSR count). The van der Waals surface area contributed by atoms with Crippen molar-refractivity contribution < 1.29 is 18.3 Å². The number of carbonyl (C=O) groups is 1. The number of rotatable bonds is 5. The molecule has 1 aliphatic rings. The topological polar surface area (TPSA) is 55.3 Å². The first-order valence-corrected chi connectivity index (χ1v) is 7.90. The van der Waals surface area contributed by atoms with Crippen molar-refractivity contribution in [3.63, 3.8) is 0 Å². The summed E-state index contributed by atoms with van der Waals surface area (Å²) < 4.78 is 29.4. The van der Waals surface area contributed by atoms with Crippen LogP contribution in [0.1, 0.15) is 22.5 Å². The third kappa shape index (κ3) is 4.37. The molecule has 7 heteroatoms. The lowest BCUT2D eigenvalue weighted by Gasteiger charge is -2.27. The molecule has 0 spiro atoms. The molecular formula is C18H17F2N3O2. The van der Waals surface area contributed by atoms with E-state index in [4.69, 9.17) is 4.74 Å². The summed E-state index contributed by atoms with van der Waals surface area (Å²) in [5, 5.41) is 0. The molecule has 0 aliphatic carbocycles. The molecule has 0 aromatic carbocycles. The van der Waals surface area contributed by atoms with E-state index in [1.54, 1.807) is 29.4 Å². The number of hydrogen-bond acceptors (Lipinski definition) is 4. The van der Waals surface area contributed by atoms with Gasteiger partial charge in [0, 0.05) is 31.5 Å². The predicted octanol–water partition coefficient (Wildman–Crippen LogP) is 3.05. The van der Waals surface area contributed by atoms with E-state index in [0.717, 1.165) is 17.6 Å². The average Bonchev–Trinajstić information content (AvgIpc) is 2.67. The fraction of sp³-hybridized carbons (Fsp3) is 0.278. The Kier molecular flexibility index (Phi) is 5.33. The molecule has 0 bridgehead atoms. The van der Waals surface area contributed by atoms with Crippen LogP contribution in [0.25, 0.3) is 5.57 Å². The second kappa shape index (κ2) is 7.83. The van der Waals surface area contributed by atoms with Crippen molar-refractivity contribution in [1.82, 2.24) is 14.9 Å². The molecule has 3 heterocycles. The van der Waals surface area contributed by atoms with Crippen molar-refractivity contribution in [3.8, 4) is 5.88 Å². The zero-order chi connectivity index (χ0) is 17.6. The van der Waals surface area contributed by atoms with E-state index in [2.05, 4.69) is 16.0 Å². The number of nitrogens with zero attached hydrogens (tertiary/aromatic N) is 3. The highest BCUT2D eigenvalue weighted by atomic mass is 19.3. The third-order valence-corrected chi connectivity index (χ3v) is 3.79. The fourth-order valence-corrected chi connectivity index (χ4v) is 2.62. The van der Waals surface area contributed by atoms with Crippen LogP contribution in [0.2, 0.25) is 0 Å². The molecule has 2 aromatic heterocycles. The maximum Gasteiger partial charge on any atom is 0.272 e. The minimum absolute atomic E-state index is 0.0214. The van der Waals surface area contributed by atoms with E-state index in [-0.39, 0.29) is 17.5 Å². The van der Waals surface area contributed by atoms with Gasteiger partial charge >= 0.3 is 0 Å². The number of alkyl halides is 2. The third-order valence-electron chi connectivity index (χ3n) is 3.79. The van der Waals surface area contributed by atoms with Crippen LogP contribution in [-0.2, 0) is 0 Å². The number of carbonyl (C=O) groups excluding carboxylic acids is 1. The first kappa shape index (κ1) is 17.0. The standard InChI is InChI=1S/C18H17F2N3O2/c19-16(20)12-25-17-5-1-4-15(22-17)18(24)23-10-2-3-14(11-23)13-6-8-21-9-7-13/h1,3-9,16H,2,10-12H2. The van der Waals surface area contributed by atoms with Crippen LogP contribution in [0.3, 0.4) is 0 Å². The Balaban J connectivity index is 1.71. The monoisotopic (exact) mass is 345 g/mol. The van der Waals surface area contributed by atoms with E-state index in [1.807, 2.05) is 12.1 Å². The lowest BCUT2D eigenvalue weighted by Crippen LogP contribution is -2.36. The van der Waals surface area contributed by atoms with E-state index < -0.39 is 13.0 Å². The Labute approximate surface area is 144 Å². The van der Waals surface area contributed by atoms with Crippen molar-refractivity contribution in [2.24, 2.45) is 0 Å². The summed E-state index contributed by atoms with van der Waals surface area (Å²) in [6.07, 6.45) is 3.68. The van der Waals surface area contributed by atoms with Crippen LogP contribution >= 0.6 is 0 Å². The molecule has 0 fully saturated rings. The van der Waals surface area contributed by atoms with Gasteiger partial charge in [-0.3, -0.25) is 9.78 Å². The lowest BCUT2D eigenvalue weighted by atomic mass is 10.0. The van der Waals surface area contributed by atoms with Gasteiger partial charge in [0.1, 0.15) is 5.69 Å². The van der Waals surface area contributed by atoms with Gasteiger partial charge in [0.25, 0.3) is 12.3 Å². The van der Waals surface area contributed by atoms with Gasteiger partial charge in [0.2, 0.25) is 5.88 Å². The average molecular weight is 345 g/mol. The molecule has 5 nitrogen and oxygen atoms in total. The van der Waals surface area contributed by atoms with E-state index >= 15 is 0 Å². The molecule has 0 unspecified atom stereocenters. The normalized spacial score (nSPS) is 14.4. The number of pyridine rings is 2. The zero-order valence-electron chi connectivity index (χ0n) is 13.4. The highest BCUT2D eigenvalue weighted by Crippen LogP contribution is 2.21. The summed E-state index contributed by atoms with van der Waals surface area (Å²) in [4.78, 5) is 22.4. The van der Waals surface area contributed by atoms with Crippen LogP contribution in [0.15, 0.2) is 48.8 Å². The quantitative estimate of drug-likeness (QED) is 0.836. The fourth-order valence-electron chi connectivity index (χ4n) is 2.62. The van der Waals surface area contributed by atoms with Crippen molar-refractivity contribution in [2.75, 3.05) is 19.7 Å². The summed E-state index contributed by atoms with van der Waals surface area (Å²) in [6, 6.07) is 8.39. The molecule has 25 heavy (non-hydrogen) atoms. The number of amides is 1. The first-order chi connectivity index (χ1) is 12.1. The van der Waals surface area contributed by atoms with Crippen molar-refractivity contribution in [1.29, 1.82) is 0 Å². The smallest absolute Gasteiger partial charge is 0.272 e. The van der Waals surface area contributed by atoms with Gasteiger partial charge in [-0.05, 0) is 35.8 Å². The van der Waals surface area contributed by atoms with Crippen LogP contribution in [-0.4, -0.2) is 46.9 Å². The molecule has 130 valence electrons. The molecule has 1 amide bonds. The zero-order valence-corrected chi connectivity index (χ0v) is 13.4. The molecule has 0 radical (unpaired) electrons. The molecule has 0 saturated heterocycles. The Hall–Kier alpha value is -2.83. The highest BCUT2D eigenvalue weighted by Gasteiger charge is 2.21. The maximum absolute atomic E-state index is 12.7. The number of ether oxygens (including phenoxy) is 1. The van der Waals surface area contributed by atoms with Crippen LogP contribution in [0, 0.1) is 0 Å². The van der Waals surface area contributed by atoms with Gasteiger partial charge in [-0.1, -0.05) is 12.1 Å². The molecule has 2 aromatic rings. The molecule has 0 N–H and O–H groups in total. The van der Waals surface area contributed by atoms with Crippen molar-refractivity contribution in [2.45, 2.75) is 12.8 Å². The summed E-state index contributed by atoms with van der Waals surface area (Å²) in [5.74, 6) is -0.227. The van der Waals surface area contributed by atoms with Gasteiger partial charge in [-0.2, -0.15) is 0 Å². The van der Waals surface area contributed by atoms with Crippen molar-refractivity contribution >= 4 is 11.5 Å². The maximum atomic E-state index is 12.7. The SMILES string of the molecule is O=C(c1cccc(OCC(F)F)n1)N1CCC=C(c2ccncc2)C1. The minimum Gasteiger partial charge on any atom is -0.472 e. The number of halogens is 2. The first-order valence-electron chi connectivity index (χ1n) is 7.90. The number of hydrogen-bond donors (Lipinski definition) is 0. The molecule has 0 saturated carbocycles. The van der Waals surface area contributed by atoms with Crippen LogP contribution < -0.4 is 4.74 Å². The van der Waals surface area contributed by atoms with E-state index in [9.17, 15) is 13.6 Å². The van der Waals surface area contributed by atoms with Gasteiger partial charge in [0.15, 0.2) is 6.61 Å². The van der Waals surface area contributed by atoms with Gasteiger partial charge in [0.05, 0.1) is 0 Å². The Morgan fingerprint density at radius 3 is 2.80 bits per heavy atom. The summed E-state index contributed by atoms with van der Waals surface area (Å²) >= 11 is 0. The van der Waals surface area contributed by atoms with E-state index in [1.165, 1.54) is 6.07 Å². The van der Waals surface area contributed by atoms with Crippen LogP contribution in [0.5, 0.6) is 5.88 Å². The molecule has 1 aliphatic heterocycles. The second-order valence-electron chi connectivity index (χ2n) is 5.54. The summed E-state index contributed by atoms with van der Waals surface area (Å²) in [6.45, 7) is 0.299. The Morgan fingerprint density at radius 2 is 2.04 bits per heavy atom. The van der Waals surface area contributed by atoms with Crippen molar-refractivity contribution in [3.05, 3.63) is 60.1 Å². The molecule has 0 atom stereocenters. The summed E-state index contributed by atoms with van der Waals surface area (Å²) in [5.41, 5.74) is 2.25. The highest BCUT2D eigenvalue weighted by molar-refractivity contribution is 5.93. The Bertz CT molecular complexity index is 766. The van der Waals surface area contributed by atoms with Gasteiger partial charge in [-0.25, -0.2) is 13.8 Å².